The Bertz CT molecular complexity index is 1080. The predicted molar refractivity (Wildman–Crippen MR) is 108 cm³/mol. The van der Waals surface area contributed by atoms with E-state index in [-0.39, 0.29) is 5.56 Å². The van der Waals surface area contributed by atoms with Crippen LogP contribution in [0.5, 0.6) is 0 Å². The van der Waals surface area contributed by atoms with Gasteiger partial charge < -0.3 is 15.8 Å². The quantitative estimate of drug-likeness (QED) is 0.615. The Labute approximate surface area is 171 Å². The average Bonchev–Trinajstić information content (AvgIpc) is 2.66. The molecule has 0 aliphatic carbocycles. The molecule has 3 aromatic rings. The molecule has 0 fully saturated rings. The van der Waals surface area contributed by atoms with E-state index in [0.29, 0.717) is 17.6 Å². The van der Waals surface area contributed by atoms with Gasteiger partial charge in [-0.2, -0.15) is 0 Å². The first kappa shape index (κ1) is 20.9. The Morgan fingerprint density at radius 3 is 2.33 bits per heavy atom. The van der Waals surface area contributed by atoms with E-state index >= 15 is 0 Å². The fourth-order valence-corrected chi connectivity index (χ4v) is 3.00. The molecular formula is C22H19F2N3O3. The average molecular weight is 411 g/mol. The van der Waals surface area contributed by atoms with E-state index in [0.717, 1.165) is 35.7 Å². The molecule has 1 unspecified atom stereocenters. The number of rotatable bonds is 5. The highest BCUT2D eigenvalue weighted by molar-refractivity contribution is 5.96. The number of benzene rings is 2. The summed E-state index contributed by atoms with van der Waals surface area (Å²) in [4.78, 5) is 28.2. The van der Waals surface area contributed by atoms with Crippen LogP contribution in [0.2, 0.25) is 0 Å². The number of nitrogens with one attached hydrogen (secondary N) is 1. The maximum atomic E-state index is 13.6. The van der Waals surface area contributed by atoms with Gasteiger partial charge in [0.15, 0.2) is 0 Å². The summed E-state index contributed by atoms with van der Waals surface area (Å²) in [5.74, 6) is -2.86. The van der Waals surface area contributed by atoms with Gasteiger partial charge in [-0.05, 0) is 54.4 Å². The second-order valence-corrected chi connectivity index (χ2v) is 6.68. The van der Waals surface area contributed by atoms with Crippen LogP contribution in [0.15, 0.2) is 54.7 Å². The topological polar surface area (TPSA) is 94.3 Å². The highest BCUT2D eigenvalue weighted by atomic mass is 19.1. The van der Waals surface area contributed by atoms with Crippen molar-refractivity contribution in [2.24, 2.45) is 0 Å². The van der Waals surface area contributed by atoms with Crippen molar-refractivity contribution in [1.29, 1.82) is 0 Å². The van der Waals surface area contributed by atoms with Crippen LogP contribution in [0.3, 0.4) is 0 Å². The predicted octanol–water partition coefficient (Wildman–Crippen LogP) is 4.16. The van der Waals surface area contributed by atoms with Gasteiger partial charge >= 0.3 is 5.97 Å². The Kier molecular flexibility index (Phi) is 6.06. The second-order valence-electron chi connectivity index (χ2n) is 6.68. The van der Waals surface area contributed by atoms with E-state index in [1.165, 1.54) is 0 Å². The summed E-state index contributed by atoms with van der Waals surface area (Å²) < 4.78 is 32.2. The number of carbonyl (C=O) groups is 2. The second kappa shape index (κ2) is 8.69. The minimum atomic E-state index is -1.51. The number of halogens is 2. The van der Waals surface area contributed by atoms with Crippen molar-refractivity contribution < 1.29 is 23.1 Å². The summed E-state index contributed by atoms with van der Waals surface area (Å²) in [5, 5.41) is 2.62. The fourth-order valence-electron chi connectivity index (χ4n) is 3.00. The van der Waals surface area contributed by atoms with Gasteiger partial charge in [0.25, 0.3) is 5.91 Å². The van der Waals surface area contributed by atoms with Gasteiger partial charge in [0.05, 0.1) is 0 Å². The van der Waals surface area contributed by atoms with Crippen LogP contribution in [0.1, 0.15) is 24.2 Å². The van der Waals surface area contributed by atoms with Crippen molar-refractivity contribution in [1.82, 2.24) is 4.98 Å². The fraction of sp³-hybridized carbons (Fsp3) is 0.136. The number of esters is 1. The lowest BCUT2D eigenvalue weighted by molar-refractivity contribution is -0.152. The van der Waals surface area contributed by atoms with Gasteiger partial charge in [-0.3, -0.25) is 9.59 Å². The third-order valence-electron chi connectivity index (χ3n) is 4.30. The van der Waals surface area contributed by atoms with Crippen LogP contribution in [-0.4, -0.2) is 16.9 Å². The van der Waals surface area contributed by atoms with Gasteiger partial charge in [-0.25, -0.2) is 13.8 Å². The van der Waals surface area contributed by atoms with Crippen LogP contribution < -0.4 is 11.1 Å². The number of hydrogen-bond donors (Lipinski definition) is 2. The zero-order chi connectivity index (χ0) is 21.8. The molecule has 0 aliphatic rings. The number of ether oxygens (including phenoxy) is 1. The normalized spacial score (nSPS) is 11.6. The highest BCUT2D eigenvalue weighted by Gasteiger charge is 2.25. The van der Waals surface area contributed by atoms with Gasteiger partial charge in [0.2, 0.25) is 6.10 Å². The van der Waals surface area contributed by atoms with Crippen molar-refractivity contribution in [3.63, 3.8) is 0 Å². The number of pyridine rings is 1. The Morgan fingerprint density at radius 1 is 1.07 bits per heavy atom. The molecule has 2 aromatic carbocycles. The molecule has 1 heterocycles. The van der Waals surface area contributed by atoms with Gasteiger partial charge in [0, 0.05) is 36.0 Å². The number of anilines is 2. The summed E-state index contributed by atoms with van der Waals surface area (Å²) in [6.07, 6.45) is 0.138. The van der Waals surface area contributed by atoms with E-state index in [1.54, 1.807) is 30.5 Å². The largest absolute Gasteiger partial charge is 0.447 e. The number of nitrogens with zero attached hydrogens (tertiary/aromatic N) is 1. The molecule has 0 saturated carbocycles. The minimum Gasteiger partial charge on any atom is -0.447 e. The van der Waals surface area contributed by atoms with E-state index in [9.17, 15) is 18.4 Å². The maximum absolute atomic E-state index is 13.6. The van der Waals surface area contributed by atoms with Crippen LogP contribution in [0.25, 0.3) is 11.1 Å². The number of amides is 1. The van der Waals surface area contributed by atoms with E-state index in [1.807, 2.05) is 13.0 Å². The number of nitrogens with two attached hydrogens (primary N) is 1. The summed E-state index contributed by atoms with van der Waals surface area (Å²) >= 11 is 0. The molecule has 1 amide bonds. The zero-order valence-electron chi connectivity index (χ0n) is 16.3. The summed E-state index contributed by atoms with van der Waals surface area (Å²) in [6, 6.07) is 11.2. The molecule has 30 heavy (non-hydrogen) atoms. The molecule has 0 aliphatic heterocycles. The maximum Gasteiger partial charge on any atom is 0.303 e. The van der Waals surface area contributed by atoms with Crippen molar-refractivity contribution in [3.8, 4) is 11.1 Å². The number of nitrogen functional groups attached to an aromatic ring is 1. The molecular weight excluding hydrogens is 392 g/mol. The molecule has 0 spiro atoms. The van der Waals surface area contributed by atoms with Crippen LogP contribution in [0.4, 0.5) is 20.3 Å². The van der Waals surface area contributed by atoms with E-state index in [4.69, 9.17) is 10.5 Å². The van der Waals surface area contributed by atoms with Crippen molar-refractivity contribution in [2.75, 3.05) is 11.1 Å². The molecule has 8 heteroatoms. The van der Waals surface area contributed by atoms with Crippen LogP contribution >= 0.6 is 0 Å². The molecule has 154 valence electrons. The Balaban J connectivity index is 1.85. The Hall–Kier alpha value is -3.81. The number of aryl methyl sites for hydroxylation is 1. The van der Waals surface area contributed by atoms with Gasteiger partial charge in [-0.15, -0.1) is 0 Å². The third kappa shape index (κ3) is 4.96. The van der Waals surface area contributed by atoms with Crippen molar-refractivity contribution in [2.45, 2.75) is 20.0 Å². The lowest BCUT2D eigenvalue weighted by Crippen LogP contribution is -2.25. The monoisotopic (exact) mass is 411 g/mol. The minimum absolute atomic E-state index is 0.110. The standard InChI is InChI=1S/C22H19F2N3O3/c1-12-7-18(4-5-19(12)14-3-6-20(25)26-11-14)27-22(29)21(30-13(2)28)15-8-16(23)10-17(24)9-15/h3-11,21H,1-2H3,(H2,25,26)(H,27,29). The highest BCUT2D eigenvalue weighted by Crippen LogP contribution is 2.27. The summed E-state index contributed by atoms with van der Waals surface area (Å²) in [6.45, 7) is 2.96. The number of hydrogen-bond acceptors (Lipinski definition) is 5. The van der Waals surface area contributed by atoms with E-state index < -0.39 is 29.6 Å². The molecule has 3 N–H and O–H groups in total. The lowest BCUT2D eigenvalue weighted by Gasteiger charge is -2.18. The van der Waals surface area contributed by atoms with Crippen LogP contribution in [-0.2, 0) is 14.3 Å². The van der Waals surface area contributed by atoms with Crippen molar-refractivity contribution in [3.05, 3.63) is 77.5 Å². The first-order valence-corrected chi connectivity index (χ1v) is 8.99. The third-order valence-corrected chi connectivity index (χ3v) is 4.30. The smallest absolute Gasteiger partial charge is 0.303 e. The SMILES string of the molecule is CC(=O)OC(C(=O)Nc1ccc(-c2ccc(N)nc2)c(C)c1)c1cc(F)cc(F)c1. The molecule has 1 aromatic heterocycles. The van der Waals surface area contributed by atoms with Gasteiger partial charge in [0.1, 0.15) is 17.5 Å². The number of aromatic nitrogens is 1. The molecule has 0 radical (unpaired) electrons. The summed E-state index contributed by atoms with van der Waals surface area (Å²) in [5.41, 5.74) is 8.52. The Morgan fingerprint density at radius 2 is 1.77 bits per heavy atom. The molecule has 6 nitrogen and oxygen atoms in total. The first-order valence-electron chi connectivity index (χ1n) is 8.99. The molecule has 1 atom stereocenters. The van der Waals surface area contributed by atoms with Gasteiger partial charge in [-0.1, -0.05) is 6.07 Å². The molecule has 3 rings (SSSR count). The molecule has 0 bridgehead atoms. The lowest BCUT2D eigenvalue weighted by atomic mass is 10.0. The van der Waals surface area contributed by atoms with Crippen molar-refractivity contribution >= 4 is 23.4 Å². The first-order chi connectivity index (χ1) is 14.2. The zero-order valence-corrected chi connectivity index (χ0v) is 16.3. The van der Waals surface area contributed by atoms with E-state index in [2.05, 4.69) is 10.3 Å². The summed E-state index contributed by atoms with van der Waals surface area (Å²) in [7, 11) is 0. The molecule has 0 saturated heterocycles. The van der Waals surface area contributed by atoms with Crippen LogP contribution in [0, 0.1) is 18.6 Å². The number of carbonyl (C=O) groups excluding carboxylic acids is 2.